The van der Waals surface area contributed by atoms with E-state index in [9.17, 15) is 27.5 Å². The topological polar surface area (TPSA) is 128 Å². The van der Waals surface area contributed by atoms with Crippen molar-refractivity contribution >= 4 is 11.9 Å². The van der Waals surface area contributed by atoms with E-state index in [0.717, 1.165) is 35.6 Å². The Morgan fingerprint density at radius 2 is 1.62 bits per heavy atom. The fourth-order valence-corrected chi connectivity index (χ4v) is 4.74. The molecule has 2 aromatic heterocycles. The molecular weight excluding hydrogens is 622 g/mol. The molecule has 0 atom stereocenters. The van der Waals surface area contributed by atoms with E-state index in [1.165, 1.54) is 13.8 Å². The summed E-state index contributed by atoms with van der Waals surface area (Å²) < 4.78 is 69.8. The Bertz CT molecular complexity index is 1870. The molecule has 0 bridgehead atoms. The summed E-state index contributed by atoms with van der Waals surface area (Å²) in [6.07, 6.45) is -2.24. The average Bonchev–Trinajstić information content (AvgIpc) is 3.54. The number of carbonyl (C=O) groups is 1. The highest BCUT2D eigenvalue weighted by Gasteiger charge is 2.34. The number of hydrogen-bond donors (Lipinski definition) is 1. The third-order valence-corrected chi connectivity index (χ3v) is 7.66. The summed E-state index contributed by atoms with van der Waals surface area (Å²) in [6, 6.07) is 17.0. The molecule has 0 spiro atoms. The number of hydrogen-bond acceptors (Lipinski definition) is 9. The summed E-state index contributed by atoms with van der Waals surface area (Å²) in [5.41, 5.74) is -0.212. The van der Waals surface area contributed by atoms with Crippen molar-refractivity contribution in [2.75, 3.05) is 11.4 Å². The first kappa shape index (κ1) is 31.7. The maximum atomic E-state index is 14.3. The zero-order valence-electron chi connectivity index (χ0n) is 25.3. The predicted molar refractivity (Wildman–Crippen MR) is 160 cm³/mol. The van der Waals surface area contributed by atoms with Crippen molar-refractivity contribution < 1.29 is 41.2 Å². The molecule has 10 nitrogen and oxygen atoms in total. The van der Waals surface area contributed by atoms with Crippen LogP contribution in [0.2, 0.25) is 0 Å². The zero-order valence-corrected chi connectivity index (χ0v) is 25.3. The van der Waals surface area contributed by atoms with Crippen LogP contribution >= 0.6 is 0 Å². The SMILES string of the molecule is CC(C)(Oc1ccc(CCN(Cc2ccc(-c3noc(C4CC4)n3)cc2)c2noc(-c3ccc(C(F)(F)F)c(F)c3)n2)cc1)C(=O)O. The van der Waals surface area contributed by atoms with Gasteiger partial charge in [0.1, 0.15) is 11.6 Å². The largest absolute Gasteiger partial charge is 0.478 e. The van der Waals surface area contributed by atoms with Gasteiger partial charge in [0, 0.05) is 30.1 Å². The summed E-state index contributed by atoms with van der Waals surface area (Å²) >= 11 is 0. The number of benzene rings is 3. The van der Waals surface area contributed by atoms with E-state index in [1.807, 2.05) is 41.3 Å². The first-order valence-corrected chi connectivity index (χ1v) is 14.8. The molecule has 6 rings (SSSR count). The van der Waals surface area contributed by atoms with E-state index < -0.39 is 29.1 Å². The fraction of sp³-hybridized carbons (Fsp3) is 0.303. The summed E-state index contributed by atoms with van der Waals surface area (Å²) in [6.45, 7) is 3.63. The van der Waals surface area contributed by atoms with Crippen LogP contribution in [0.3, 0.4) is 0 Å². The second-order valence-corrected chi connectivity index (χ2v) is 11.8. The van der Waals surface area contributed by atoms with Gasteiger partial charge in [-0.25, -0.2) is 9.18 Å². The van der Waals surface area contributed by atoms with Gasteiger partial charge in [-0.05, 0) is 79.7 Å². The highest BCUT2D eigenvalue weighted by atomic mass is 19.4. The Hall–Kier alpha value is -5.27. The molecule has 2 heterocycles. The van der Waals surface area contributed by atoms with Crippen LogP contribution < -0.4 is 9.64 Å². The van der Waals surface area contributed by atoms with Crippen LogP contribution in [0.4, 0.5) is 23.5 Å². The van der Waals surface area contributed by atoms with Crippen molar-refractivity contribution in [2.45, 2.75) is 57.3 Å². The summed E-state index contributed by atoms with van der Waals surface area (Å²) in [7, 11) is 0. The number of carboxylic acids is 1. The lowest BCUT2D eigenvalue weighted by atomic mass is 10.1. The van der Waals surface area contributed by atoms with Gasteiger partial charge in [0.05, 0.1) is 5.56 Å². The van der Waals surface area contributed by atoms with Gasteiger partial charge in [-0.1, -0.05) is 41.6 Å². The molecule has 47 heavy (non-hydrogen) atoms. The van der Waals surface area contributed by atoms with E-state index in [-0.39, 0.29) is 17.4 Å². The van der Waals surface area contributed by atoms with Gasteiger partial charge in [0.25, 0.3) is 11.8 Å². The van der Waals surface area contributed by atoms with E-state index in [1.54, 1.807) is 12.1 Å². The summed E-state index contributed by atoms with van der Waals surface area (Å²) in [4.78, 5) is 22.1. The van der Waals surface area contributed by atoms with Gasteiger partial charge >= 0.3 is 12.1 Å². The van der Waals surface area contributed by atoms with Crippen LogP contribution in [0.25, 0.3) is 22.8 Å². The van der Waals surface area contributed by atoms with Crippen molar-refractivity contribution in [3.63, 3.8) is 0 Å². The first-order valence-electron chi connectivity index (χ1n) is 14.8. The molecule has 0 radical (unpaired) electrons. The molecule has 1 saturated carbocycles. The van der Waals surface area contributed by atoms with Crippen LogP contribution in [0.5, 0.6) is 5.75 Å². The zero-order chi connectivity index (χ0) is 33.3. The molecule has 0 saturated heterocycles. The summed E-state index contributed by atoms with van der Waals surface area (Å²) in [5, 5.41) is 17.5. The molecule has 1 aliphatic rings. The summed E-state index contributed by atoms with van der Waals surface area (Å²) in [5.74, 6) is -0.652. The minimum Gasteiger partial charge on any atom is -0.478 e. The highest BCUT2D eigenvalue weighted by Crippen LogP contribution is 2.39. The lowest BCUT2D eigenvalue weighted by Crippen LogP contribution is -2.37. The second-order valence-electron chi connectivity index (χ2n) is 11.8. The molecule has 1 aliphatic carbocycles. The van der Waals surface area contributed by atoms with E-state index in [2.05, 4.69) is 20.3 Å². The third-order valence-electron chi connectivity index (χ3n) is 7.66. The number of alkyl halides is 3. The smallest absolute Gasteiger partial charge is 0.419 e. The number of anilines is 1. The lowest BCUT2D eigenvalue weighted by molar-refractivity contribution is -0.152. The van der Waals surface area contributed by atoms with Crippen LogP contribution in [0.15, 0.2) is 75.8 Å². The van der Waals surface area contributed by atoms with Crippen LogP contribution in [-0.2, 0) is 23.9 Å². The maximum Gasteiger partial charge on any atom is 0.419 e. The lowest BCUT2D eigenvalue weighted by Gasteiger charge is -2.22. The molecular formula is C33H29F4N5O5. The Labute approximate surface area is 266 Å². The van der Waals surface area contributed by atoms with E-state index >= 15 is 0 Å². The Morgan fingerprint density at radius 1 is 0.936 bits per heavy atom. The number of nitrogens with zero attached hydrogens (tertiary/aromatic N) is 5. The monoisotopic (exact) mass is 651 g/mol. The number of carboxylic acid groups (broad SMARTS) is 1. The molecule has 3 aromatic carbocycles. The van der Waals surface area contributed by atoms with Crippen molar-refractivity contribution in [3.05, 3.63) is 95.1 Å². The third kappa shape index (κ3) is 7.42. The second kappa shape index (κ2) is 12.5. The molecule has 14 heteroatoms. The number of aliphatic carboxylic acids is 1. The highest BCUT2D eigenvalue weighted by molar-refractivity contribution is 5.76. The Kier molecular flexibility index (Phi) is 8.43. The van der Waals surface area contributed by atoms with Gasteiger partial charge in [-0.2, -0.15) is 23.1 Å². The number of aromatic nitrogens is 4. The molecule has 0 amide bonds. The molecule has 244 valence electrons. The van der Waals surface area contributed by atoms with Crippen LogP contribution in [0.1, 0.15) is 55.2 Å². The minimum absolute atomic E-state index is 0.00380. The average molecular weight is 652 g/mol. The predicted octanol–water partition coefficient (Wildman–Crippen LogP) is 7.31. The number of rotatable bonds is 12. The standard InChI is InChI=1S/C33H29F4N5O5/c1-32(2,30(43)44)45-24-12-5-19(6-13-24)15-16-42(18-20-3-7-21(8-4-20)27-38-28(46-40-27)22-9-10-22)31-39-29(47-41-31)23-11-14-25(26(34)17-23)33(35,36)37/h3-8,11-14,17,22H,9-10,15-16,18H2,1-2H3,(H,43,44). The number of ether oxygens (including phenoxy) is 1. The van der Waals surface area contributed by atoms with Crippen molar-refractivity contribution in [2.24, 2.45) is 0 Å². The van der Waals surface area contributed by atoms with Crippen molar-refractivity contribution in [3.8, 4) is 28.6 Å². The van der Waals surface area contributed by atoms with E-state index in [0.29, 0.717) is 55.0 Å². The maximum absolute atomic E-state index is 14.3. The molecule has 1 fully saturated rings. The molecule has 0 unspecified atom stereocenters. The van der Waals surface area contributed by atoms with Gasteiger partial charge in [0.15, 0.2) is 5.60 Å². The van der Waals surface area contributed by atoms with Gasteiger partial charge in [0.2, 0.25) is 11.7 Å². The van der Waals surface area contributed by atoms with Crippen molar-refractivity contribution in [1.82, 2.24) is 20.3 Å². The fourth-order valence-electron chi connectivity index (χ4n) is 4.74. The van der Waals surface area contributed by atoms with Crippen LogP contribution in [0, 0.1) is 5.82 Å². The van der Waals surface area contributed by atoms with Crippen molar-refractivity contribution in [1.29, 1.82) is 0 Å². The van der Waals surface area contributed by atoms with Gasteiger partial charge in [-0.3, -0.25) is 0 Å². The minimum atomic E-state index is -4.84. The molecule has 1 N–H and O–H groups in total. The first-order chi connectivity index (χ1) is 22.4. The Balaban J connectivity index is 1.21. The Morgan fingerprint density at radius 3 is 2.26 bits per heavy atom. The van der Waals surface area contributed by atoms with E-state index in [4.69, 9.17) is 13.8 Å². The normalized spacial score (nSPS) is 13.5. The number of halogens is 4. The van der Waals surface area contributed by atoms with Gasteiger partial charge in [-0.15, -0.1) is 0 Å². The molecule has 0 aliphatic heterocycles. The van der Waals surface area contributed by atoms with Crippen LogP contribution in [-0.4, -0.2) is 43.5 Å². The quantitative estimate of drug-likeness (QED) is 0.137. The molecule has 5 aromatic rings. The van der Waals surface area contributed by atoms with Gasteiger partial charge < -0.3 is 23.8 Å².